The zero-order valence-electron chi connectivity index (χ0n) is 20.2. The van der Waals surface area contributed by atoms with E-state index in [0.29, 0.717) is 0 Å². The van der Waals surface area contributed by atoms with Gasteiger partial charge in [0.15, 0.2) is 0 Å². The lowest BCUT2D eigenvalue weighted by molar-refractivity contribution is -0.156. The summed E-state index contributed by atoms with van der Waals surface area (Å²) >= 11 is 0. The second kappa shape index (κ2) is 15.4. The lowest BCUT2D eigenvalue weighted by atomic mass is 10.0. The number of allylic oxidation sites excluding steroid dienone is 2. The highest BCUT2D eigenvalue weighted by atomic mass is 16.6. The second-order valence-corrected chi connectivity index (χ2v) is 8.16. The van der Waals surface area contributed by atoms with Gasteiger partial charge in [0.2, 0.25) is 0 Å². The average Bonchev–Trinajstić information content (AvgIpc) is 2.93. The molecule has 4 atom stereocenters. The van der Waals surface area contributed by atoms with Gasteiger partial charge in [-0.25, -0.2) is 0 Å². The van der Waals surface area contributed by atoms with Gasteiger partial charge in [0.05, 0.1) is 26.0 Å². The Hall–Kier alpha value is -3.55. The molecule has 0 aliphatic rings. The fourth-order valence-electron chi connectivity index (χ4n) is 3.65. The van der Waals surface area contributed by atoms with Crippen molar-refractivity contribution in [3.63, 3.8) is 0 Å². The third-order valence-corrected chi connectivity index (χ3v) is 5.50. The third-order valence-electron chi connectivity index (χ3n) is 5.50. The summed E-state index contributed by atoms with van der Waals surface area (Å²) in [5, 5.41) is 23.8. The Morgan fingerprint density at radius 3 is 1.58 bits per heavy atom. The molecule has 0 aliphatic carbocycles. The maximum atomic E-state index is 11.1. The molecule has 6 nitrogen and oxygen atoms in total. The molecule has 3 aromatic rings. The van der Waals surface area contributed by atoms with Crippen LogP contribution < -0.4 is 0 Å². The number of aliphatic hydroxyl groups is 1. The first kappa shape index (κ1) is 27.0. The van der Waals surface area contributed by atoms with Crippen LogP contribution in [0.1, 0.15) is 16.7 Å². The number of nitrogens with zero attached hydrogens (tertiary/aromatic N) is 1. The molecular weight excluding hydrogens is 454 g/mol. The first-order valence-electron chi connectivity index (χ1n) is 11.8. The predicted molar refractivity (Wildman–Crippen MR) is 141 cm³/mol. The van der Waals surface area contributed by atoms with Gasteiger partial charge < -0.3 is 24.5 Å². The van der Waals surface area contributed by atoms with Gasteiger partial charge in [0, 0.05) is 0 Å². The summed E-state index contributed by atoms with van der Waals surface area (Å²) in [5.41, 5.74) is 2.84. The quantitative estimate of drug-likeness (QED) is 0.132. The minimum absolute atomic E-state index is 0.247. The molecule has 36 heavy (non-hydrogen) atoms. The van der Waals surface area contributed by atoms with E-state index in [1.807, 2.05) is 91.0 Å². The Kier molecular flexibility index (Phi) is 11.6. The van der Waals surface area contributed by atoms with Crippen LogP contribution >= 0.6 is 0 Å². The van der Waals surface area contributed by atoms with Crippen LogP contribution in [0.4, 0.5) is 0 Å². The summed E-state index contributed by atoms with van der Waals surface area (Å²) in [6, 6.07) is 29.0. The molecule has 0 saturated heterocycles. The van der Waals surface area contributed by atoms with Crippen molar-refractivity contribution in [2.45, 2.75) is 44.2 Å². The number of hydrogen-bond acceptors (Lipinski definition) is 6. The molecule has 2 N–H and O–H groups in total. The lowest BCUT2D eigenvalue weighted by Gasteiger charge is -2.33. The Morgan fingerprint density at radius 2 is 1.14 bits per heavy atom. The molecule has 0 unspecified atom stereocenters. The van der Waals surface area contributed by atoms with Crippen molar-refractivity contribution in [2.24, 2.45) is 5.16 Å². The maximum Gasteiger partial charge on any atom is 0.125 e. The van der Waals surface area contributed by atoms with Crippen LogP contribution in [-0.4, -0.2) is 40.9 Å². The first-order valence-corrected chi connectivity index (χ1v) is 11.8. The highest BCUT2D eigenvalue weighted by Crippen LogP contribution is 2.21. The van der Waals surface area contributed by atoms with Gasteiger partial charge in [-0.3, -0.25) is 0 Å². The fourth-order valence-corrected chi connectivity index (χ4v) is 3.65. The lowest BCUT2D eigenvalue weighted by Crippen LogP contribution is -2.48. The number of hydrogen-bond donors (Lipinski definition) is 2. The summed E-state index contributed by atoms with van der Waals surface area (Å²) in [5.74, 6) is 0. The number of benzene rings is 3. The molecule has 0 amide bonds. The molecule has 0 bridgehead atoms. The van der Waals surface area contributed by atoms with Gasteiger partial charge in [-0.15, -0.1) is 0 Å². The van der Waals surface area contributed by atoms with Gasteiger partial charge in [-0.05, 0) is 16.7 Å². The van der Waals surface area contributed by atoms with E-state index in [2.05, 4.69) is 11.7 Å². The van der Waals surface area contributed by atoms with Crippen molar-refractivity contribution >= 4 is 6.21 Å². The van der Waals surface area contributed by atoms with Crippen LogP contribution in [-0.2, 0) is 34.0 Å². The smallest absolute Gasteiger partial charge is 0.125 e. The van der Waals surface area contributed by atoms with Gasteiger partial charge in [-0.2, -0.15) is 0 Å². The highest BCUT2D eigenvalue weighted by molar-refractivity contribution is 5.63. The van der Waals surface area contributed by atoms with Crippen LogP contribution in [0.15, 0.2) is 121 Å². The summed E-state index contributed by atoms with van der Waals surface area (Å²) in [6.45, 7) is 4.44. The Balaban J connectivity index is 1.89. The average molecular weight is 488 g/mol. The molecule has 0 heterocycles. The van der Waals surface area contributed by atoms with Crippen molar-refractivity contribution in [3.05, 3.63) is 132 Å². The number of ether oxygens (including phenoxy) is 3. The Bertz CT molecular complexity index is 1060. The number of oxime groups is 1. The summed E-state index contributed by atoms with van der Waals surface area (Å²) in [7, 11) is 0. The third kappa shape index (κ3) is 8.91. The van der Waals surface area contributed by atoms with E-state index in [1.165, 1.54) is 6.21 Å². The molecule has 0 aromatic heterocycles. The minimum atomic E-state index is -1.04. The van der Waals surface area contributed by atoms with Gasteiger partial charge >= 0.3 is 0 Å². The predicted octanol–water partition coefficient (Wildman–Crippen LogP) is 5.31. The summed E-state index contributed by atoms with van der Waals surface area (Å²) in [6.07, 6.45) is 2.58. The van der Waals surface area contributed by atoms with E-state index in [-0.39, 0.29) is 19.8 Å². The normalized spacial score (nSPS) is 15.0. The van der Waals surface area contributed by atoms with Crippen LogP contribution in [0.5, 0.6) is 0 Å². The largest absolute Gasteiger partial charge is 0.411 e. The topological polar surface area (TPSA) is 80.5 Å². The van der Waals surface area contributed by atoms with E-state index >= 15 is 0 Å². The molecule has 3 rings (SSSR count). The van der Waals surface area contributed by atoms with E-state index in [1.54, 1.807) is 18.2 Å². The van der Waals surface area contributed by atoms with Gasteiger partial charge in [0.1, 0.15) is 24.4 Å². The Labute approximate surface area is 212 Å². The van der Waals surface area contributed by atoms with E-state index in [9.17, 15) is 10.3 Å². The molecule has 3 aromatic carbocycles. The molecule has 0 fully saturated rings. The second-order valence-electron chi connectivity index (χ2n) is 8.16. The summed E-state index contributed by atoms with van der Waals surface area (Å²) in [4.78, 5) is 0. The minimum Gasteiger partial charge on any atom is -0.411 e. The molecule has 6 heteroatoms. The van der Waals surface area contributed by atoms with E-state index in [4.69, 9.17) is 14.2 Å². The van der Waals surface area contributed by atoms with Gasteiger partial charge in [-0.1, -0.05) is 121 Å². The fraction of sp³-hybridized carbons (Fsp3) is 0.233. The van der Waals surface area contributed by atoms with Crippen LogP contribution in [0.3, 0.4) is 0 Å². The molecule has 0 spiro atoms. The summed E-state index contributed by atoms with van der Waals surface area (Å²) < 4.78 is 18.7. The van der Waals surface area contributed by atoms with Crippen LogP contribution in [0.25, 0.3) is 0 Å². The van der Waals surface area contributed by atoms with Crippen molar-refractivity contribution in [1.29, 1.82) is 0 Å². The Morgan fingerprint density at radius 1 is 0.694 bits per heavy atom. The van der Waals surface area contributed by atoms with Crippen molar-refractivity contribution in [1.82, 2.24) is 0 Å². The highest BCUT2D eigenvalue weighted by Gasteiger charge is 2.36. The van der Waals surface area contributed by atoms with Crippen LogP contribution in [0.2, 0.25) is 0 Å². The SMILES string of the molecule is C=C/C=C/[C@@H](O)[C@@H](OCc1ccccc1)[C@H](OCc1ccccc1)[C@H](C=NO)OCc1ccccc1. The first-order chi connectivity index (χ1) is 17.7. The van der Waals surface area contributed by atoms with Gasteiger partial charge in [0.25, 0.3) is 0 Å². The van der Waals surface area contributed by atoms with E-state index in [0.717, 1.165) is 16.7 Å². The number of aliphatic hydroxyl groups excluding tert-OH is 1. The molecule has 0 saturated carbocycles. The number of rotatable bonds is 15. The van der Waals surface area contributed by atoms with Crippen molar-refractivity contribution in [3.8, 4) is 0 Å². The van der Waals surface area contributed by atoms with Crippen molar-refractivity contribution in [2.75, 3.05) is 0 Å². The van der Waals surface area contributed by atoms with E-state index < -0.39 is 24.4 Å². The zero-order chi connectivity index (χ0) is 25.4. The molecule has 188 valence electrons. The molecular formula is C30H33NO5. The standard InChI is InChI=1S/C30H33NO5/c1-2-3-19-27(32)29(35-22-25-15-9-5-10-16-25)30(36-23-26-17-11-6-12-18-26)28(20-31-33)34-21-24-13-7-4-8-14-24/h2-20,27-30,32-33H,1,21-23H2/b19-3+,31-20?/t27-,28+,29-,30-/m1/s1. The maximum absolute atomic E-state index is 11.1. The molecule has 0 aliphatic heterocycles. The van der Waals surface area contributed by atoms with Crippen molar-refractivity contribution < 1.29 is 24.5 Å². The monoisotopic (exact) mass is 487 g/mol. The molecule has 0 radical (unpaired) electrons. The zero-order valence-corrected chi connectivity index (χ0v) is 20.2. The van der Waals surface area contributed by atoms with Crippen LogP contribution in [0, 0.1) is 0 Å².